The van der Waals surface area contributed by atoms with E-state index in [9.17, 15) is 9.90 Å². The minimum absolute atomic E-state index is 0.113. The van der Waals surface area contributed by atoms with E-state index in [4.69, 9.17) is 16.2 Å². The third kappa shape index (κ3) is 8.28. The van der Waals surface area contributed by atoms with E-state index in [2.05, 4.69) is 50.4 Å². The van der Waals surface area contributed by atoms with Gasteiger partial charge in [0.15, 0.2) is 5.11 Å². The number of thiophene rings is 1. The van der Waals surface area contributed by atoms with Crippen molar-refractivity contribution in [3.05, 3.63) is 70.6 Å². The second-order valence-electron chi connectivity index (χ2n) is 8.15. The predicted molar refractivity (Wildman–Crippen MR) is 148 cm³/mol. The van der Waals surface area contributed by atoms with Crippen LogP contribution < -0.4 is 11.1 Å². The van der Waals surface area contributed by atoms with Crippen molar-refractivity contribution in [3.63, 3.8) is 0 Å². The largest absolute Gasteiger partial charge is 0.506 e. The molecule has 0 unspecified atom stereocenters. The van der Waals surface area contributed by atoms with Crippen LogP contribution in [0.5, 0.6) is 5.75 Å². The summed E-state index contributed by atoms with van der Waals surface area (Å²) in [6.45, 7) is 12.2. The lowest BCUT2D eigenvalue weighted by Gasteiger charge is -2.19. The molecule has 0 saturated heterocycles. The number of carboxylic acid groups (broad SMARTS) is 1. The molecule has 0 aliphatic carbocycles. The number of carboxylic acids is 1. The Morgan fingerprint density at radius 3 is 2.15 bits per heavy atom. The molecule has 6 nitrogen and oxygen atoms in total. The molecular weight excluding hydrogens is 466 g/mol. The molecule has 8 heteroatoms. The third-order valence-electron chi connectivity index (χ3n) is 4.56. The second kappa shape index (κ2) is 12.9. The summed E-state index contributed by atoms with van der Waals surface area (Å²) < 4.78 is 0. The highest BCUT2D eigenvalue weighted by Gasteiger charge is 2.16. The Hall–Kier alpha value is -3.23. The molecule has 0 aliphatic rings. The number of thiocarbonyl (C=S) groups is 1. The van der Waals surface area contributed by atoms with Crippen LogP contribution in [0.2, 0.25) is 0 Å². The number of carbonyl (C=O) groups is 1. The molecule has 34 heavy (non-hydrogen) atoms. The molecule has 0 amide bonds. The van der Waals surface area contributed by atoms with Gasteiger partial charge < -0.3 is 26.7 Å². The number of anilines is 1. The fourth-order valence-electron chi connectivity index (χ4n) is 2.82. The molecular formula is C26H33N3O3S2. The summed E-state index contributed by atoms with van der Waals surface area (Å²) in [7, 11) is 0. The lowest BCUT2D eigenvalue weighted by atomic mass is 9.86. The zero-order valence-electron chi connectivity index (χ0n) is 20.4. The summed E-state index contributed by atoms with van der Waals surface area (Å²) in [6, 6.07) is 14.5. The minimum Gasteiger partial charge on any atom is -0.506 e. The normalized spacial score (nSPS) is 10.2. The zero-order valence-corrected chi connectivity index (χ0v) is 22.0. The smallest absolute Gasteiger partial charge is 0.335 e. The highest BCUT2D eigenvalue weighted by Crippen LogP contribution is 2.39. The maximum absolute atomic E-state index is 10.5. The first kappa shape index (κ1) is 28.8. The Bertz CT molecular complexity index is 1130. The first-order valence-corrected chi connectivity index (χ1v) is 12.1. The molecule has 0 fully saturated rings. The van der Waals surface area contributed by atoms with E-state index >= 15 is 0 Å². The van der Waals surface area contributed by atoms with E-state index < -0.39 is 5.97 Å². The van der Waals surface area contributed by atoms with Gasteiger partial charge in [0.1, 0.15) is 5.75 Å². The highest BCUT2D eigenvalue weighted by molar-refractivity contribution is 7.80. The number of nitrogens with two attached hydrogens (primary N) is 1. The molecule has 3 aromatic rings. The SMILES string of the molecule is CC.CC(=N)c1csc(-c2ccc(C(C)(C)C)cc2)c1O.NC(=S)Nc1cccc(C(=O)O)c1. The predicted octanol–water partition coefficient (Wildman–Crippen LogP) is 6.87. The summed E-state index contributed by atoms with van der Waals surface area (Å²) in [4.78, 5) is 11.4. The fraction of sp³-hybridized carbons (Fsp3) is 0.269. The van der Waals surface area contributed by atoms with Gasteiger partial charge in [-0.25, -0.2) is 4.79 Å². The van der Waals surface area contributed by atoms with Crippen LogP contribution in [0.3, 0.4) is 0 Å². The van der Waals surface area contributed by atoms with Crippen molar-refractivity contribution in [2.24, 2.45) is 5.73 Å². The van der Waals surface area contributed by atoms with Gasteiger partial charge >= 0.3 is 5.97 Å². The molecule has 1 heterocycles. The molecule has 0 aliphatic heterocycles. The Morgan fingerprint density at radius 2 is 1.71 bits per heavy atom. The summed E-state index contributed by atoms with van der Waals surface area (Å²) in [5.74, 6) is -0.757. The van der Waals surface area contributed by atoms with Crippen molar-refractivity contribution in [2.45, 2.75) is 47.0 Å². The molecule has 2 aromatic carbocycles. The molecule has 0 saturated carbocycles. The second-order valence-corrected chi connectivity index (χ2v) is 9.47. The summed E-state index contributed by atoms with van der Waals surface area (Å²) in [5.41, 5.74) is 9.42. The van der Waals surface area contributed by atoms with Gasteiger partial charge in [-0.3, -0.25) is 0 Å². The number of hydrogen-bond acceptors (Lipinski definition) is 5. The summed E-state index contributed by atoms with van der Waals surface area (Å²) in [6.07, 6.45) is 0. The topological polar surface area (TPSA) is 119 Å². The summed E-state index contributed by atoms with van der Waals surface area (Å²) >= 11 is 6.09. The van der Waals surface area contributed by atoms with Gasteiger partial charge in [-0.05, 0) is 53.9 Å². The lowest BCUT2D eigenvalue weighted by molar-refractivity contribution is 0.0697. The van der Waals surface area contributed by atoms with Gasteiger partial charge in [0, 0.05) is 22.3 Å². The Balaban J connectivity index is 0.000000337. The maximum atomic E-state index is 10.5. The van der Waals surface area contributed by atoms with Crippen molar-refractivity contribution in [3.8, 4) is 16.2 Å². The van der Waals surface area contributed by atoms with Crippen LogP contribution >= 0.6 is 23.6 Å². The van der Waals surface area contributed by atoms with Crippen molar-refractivity contribution in [1.82, 2.24) is 0 Å². The van der Waals surface area contributed by atoms with Crippen LogP contribution in [0.1, 0.15) is 63.0 Å². The monoisotopic (exact) mass is 499 g/mol. The zero-order chi connectivity index (χ0) is 26.1. The van der Waals surface area contributed by atoms with Crippen LogP contribution in [0.4, 0.5) is 5.69 Å². The van der Waals surface area contributed by atoms with E-state index in [1.54, 1.807) is 19.1 Å². The molecule has 0 radical (unpaired) electrons. The van der Waals surface area contributed by atoms with E-state index in [0.717, 1.165) is 10.4 Å². The first-order chi connectivity index (χ1) is 15.9. The van der Waals surface area contributed by atoms with E-state index in [0.29, 0.717) is 17.0 Å². The van der Waals surface area contributed by atoms with E-state index in [1.807, 2.05) is 31.4 Å². The van der Waals surface area contributed by atoms with Gasteiger partial charge in [0.25, 0.3) is 0 Å². The van der Waals surface area contributed by atoms with Gasteiger partial charge in [0.05, 0.1) is 10.4 Å². The molecule has 1 aromatic heterocycles. The average Bonchev–Trinajstić information content (AvgIpc) is 3.16. The van der Waals surface area contributed by atoms with Crippen LogP contribution in [0, 0.1) is 5.41 Å². The number of rotatable bonds is 4. The standard InChI is InChI=1S/C16H19NOS.C8H8N2O2S.C2H6/c1-10(17)13-9-19-15(14(13)18)11-5-7-12(8-6-11)16(2,3)4;9-8(13)10-6-3-1-2-5(4-6)7(11)12;1-2/h5-9,17-18H,1-4H3;1-4H,(H,11,12)(H3,9,10,13);1-2H3. The van der Waals surface area contributed by atoms with Crippen molar-refractivity contribution >= 4 is 46.0 Å². The molecule has 6 N–H and O–H groups in total. The molecule has 0 spiro atoms. The molecule has 0 atom stereocenters. The fourth-order valence-corrected chi connectivity index (χ4v) is 3.95. The average molecular weight is 500 g/mol. The number of aromatic hydroxyl groups is 1. The highest BCUT2D eigenvalue weighted by atomic mass is 32.1. The number of hydrogen-bond donors (Lipinski definition) is 5. The van der Waals surface area contributed by atoms with Gasteiger partial charge in [-0.1, -0.05) is 65.0 Å². The molecule has 0 bridgehead atoms. The number of aromatic carboxylic acids is 1. The van der Waals surface area contributed by atoms with Crippen LogP contribution in [0.25, 0.3) is 10.4 Å². The van der Waals surface area contributed by atoms with E-state index in [-0.39, 0.29) is 21.8 Å². The van der Waals surface area contributed by atoms with Gasteiger partial charge in [-0.2, -0.15) is 0 Å². The number of nitrogens with one attached hydrogen (secondary N) is 2. The van der Waals surface area contributed by atoms with E-state index in [1.165, 1.54) is 29.0 Å². The quantitative estimate of drug-likeness (QED) is 0.197. The van der Waals surface area contributed by atoms with Gasteiger partial charge in [-0.15, -0.1) is 11.3 Å². The van der Waals surface area contributed by atoms with Crippen LogP contribution in [-0.2, 0) is 5.41 Å². The third-order valence-corrected chi connectivity index (χ3v) is 5.68. The van der Waals surface area contributed by atoms with Crippen molar-refractivity contribution in [2.75, 3.05) is 5.32 Å². The van der Waals surface area contributed by atoms with Gasteiger partial charge in [0.2, 0.25) is 0 Å². The molecule has 182 valence electrons. The van der Waals surface area contributed by atoms with Crippen LogP contribution in [0.15, 0.2) is 53.9 Å². The number of benzene rings is 2. The Morgan fingerprint density at radius 1 is 1.12 bits per heavy atom. The minimum atomic E-state index is -0.980. The first-order valence-electron chi connectivity index (χ1n) is 10.8. The molecule has 3 rings (SSSR count). The Kier molecular flexibility index (Phi) is 10.9. The van der Waals surface area contributed by atoms with Crippen molar-refractivity contribution < 1.29 is 15.0 Å². The maximum Gasteiger partial charge on any atom is 0.335 e. The Labute approximate surface area is 211 Å². The summed E-state index contributed by atoms with van der Waals surface area (Å²) in [5, 5.41) is 31.0. The van der Waals surface area contributed by atoms with Crippen molar-refractivity contribution in [1.29, 1.82) is 5.41 Å². The lowest BCUT2D eigenvalue weighted by Crippen LogP contribution is -2.19. The van der Waals surface area contributed by atoms with Crippen LogP contribution in [-0.4, -0.2) is 27.0 Å².